The summed E-state index contributed by atoms with van der Waals surface area (Å²) < 4.78 is 0. The maximum atomic E-state index is 11.0. The molecule has 0 bridgehead atoms. The van der Waals surface area contributed by atoms with E-state index in [2.05, 4.69) is 49.9 Å². The molecule has 3 unspecified atom stereocenters. The Balaban J connectivity index is 1.62. The third kappa shape index (κ3) is 6.13. The Morgan fingerprint density at radius 1 is 1.21 bits per heavy atom. The number of halogens is 1. The van der Waals surface area contributed by atoms with E-state index in [1.165, 1.54) is 18.6 Å². The Morgan fingerprint density at radius 2 is 2.00 bits per heavy atom. The van der Waals surface area contributed by atoms with E-state index < -0.39 is 0 Å². The molecule has 1 heterocycles. The maximum Gasteiger partial charge on any atom is 0.0971 e. The number of nitroso groups, excluding NO2 is 1. The Labute approximate surface area is 182 Å². The van der Waals surface area contributed by atoms with Gasteiger partial charge in [0.2, 0.25) is 0 Å². The highest BCUT2D eigenvalue weighted by atomic mass is 35.5. The number of hydrogen-bond acceptors (Lipinski definition) is 4. The van der Waals surface area contributed by atoms with Gasteiger partial charge >= 0.3 is 0 Å². The zero-order valence-corrected chi connectivity index (χ0v) is 19.6. The lowest BCUT2D eigenvalue weighted by molar-refractivity contribution is 0.0245. The van der Waals surface area contributed by atoms with Crippen molar-refractivity contribution in [1.29, 1.82) is 0 Å². The molecule has 4 nitrogen and oxygen atoms in total. The molecule has 29 heavy (non-hydrogen) atoms. The van der Waals surface area contributed by atoms with Crippen LogP contribution in [0.25, 0.3) is 0 Å². The molecule has 0 spiro atoms. The fraction of sp³-hybridized carbons (Fsp3) is 0.875. The topological polar surface area (TPSA) is 45.0 Å². The Bertz CT molecular complexity index is 615. The van der Waals surface area contributed by atoms with Crippen LogP contribution in [0.15, 0.2) is 22.3 Å². The van der Waals surface area contributed by atoms with Crippen LogP contribution in [0, 0.1) is 28.1 Å². The van der Waals surface area contributed by atoms with Crippen LogP contribution in [0.4, 0.5) is 0 Å². The number of allylic oxidation sites excluding steroid dienone is 2. The molecule has 1 saturated heterocycles. The highest BCUT2D eigenvalue weighted by Crippen LogP contribution is 2.43. The molecule has 0 N–H and O–H groups in total. The summed E-state index contributed by atoms with van der Waals surface area (Å²) in [4.78, 5) is 18.7. The summed E-state index contributed by atoms with van der Waals surface area (Å²) in [6, 6.07) is 0.260. The van der Waals surface area contributed by atoms with Crippen molar-refractivity contribution in [3.8, 4) is 0 Å². The average molecular weight is 422 g/mol. The van der Waals surface area contributed by atoms with Crippen molar-refractivity contribution in [2.24, 2.45) is 33.3 Å². The van der Waals surface area contributed by atoms with E-state index >= 15 is 0 Å². The molecule has 3 rings (SSSR count). The third-order valence-corrected chi connectivity index (χ3v) is 7.80. The smallest absolute Gasteiger partial charge is 0.0971 e. The molecule has 0 aromatic carbocycles. The molecule has 1 saturated carbocycles. The molecule has 5 heteroatoms. The first-order valence-electron chi connectivity index (χ1n) is 11.7. The van der Waals surface area contributed by atoms with Crippen molar-refractivity contribution in [2.45, 2.75) is 90.1 Å². The first kappa shape index (κ1) is 22.9. The number of nitrogens with zero attached hydrogens (tertiary/aromatic N) is 3. The van der Waals surface area contributed by atoms with E-state index in [-0.39, 0.29) is 11.4 Å². The molecular weight excluding hydrogens is 382 g/mol. The normalized spacial score (nSPS) is 35.7. The van der Waals surface area contributed by atoms with Crippen molar-refractivity contribution in [3.63, 3.8) is 0 Å². The van der Waals surface area contributed by atoms with Gasteiger partial charge in [-0.25, -0.2) is 0 Å². The minimum atomic E-state index is -0.0545. The highest BCUT2D eigenvalue weighted by Gasteiger charge is 2.40. The van der Waals surface area contributed by atoms with Crippen LogP contribution in [0.1, 0.15) is 72.6 Å². The van der Waals surface area contributed by atoms with E-state index in [1.807, 2.05) is 0 Å². The molecule has 1 aliphatic heterocycles. The van der Waals surface area contributed by atoms with Crippen LogP contribution in [0.3, 0.4) is 0 Å². The molecule has 164 valence electrons. The van der Waals surface area contributed by atoms with Gasteiger partial charge < -0.3 is 4.90 Å². The lowest BCUT2D eigenvalue weighted by Gasteiger charge is -2.48. The molecule has 0 aromatic rings. The molecule has 2 aliphatic carbocycles. The van der Waals surface area contributed by atoms with E-state index in [0.717, 1.165) is 57.7 Å². The Morgan fingerprint density at radius 3 is 2.62 bits per heavy atom. The van der Waals surface area contributed by atoms with Crippen molar-refractivity contribution < 1.29 is 0 Å². The van der Waals surface area contributed by atoms with E-state index in [0.29, 0.717) is 23.3 Å². The van der Waals surface area contributed by atoms with Gasteiger partial charge in [0.1, 0.15) is 0 Å². The van der Waals surface area contributed by atoms with Crippen LogP contribution in [0.2, 0.25) is 0 Å². The fourth-order valence-corrected chi connectivity index (χ4v) is 5.91. The van der Waals surface area contributed by atoms with Crippen LogP contribution in [-0.4, -0.2) is 47.7 Å². The zero-order chi connectivity index (χ0) is 21.0. The second-order valence-electron chi connectivity index (χ2n) is 10.6. The minimum Gasteiger partial charge on any atom is -0.301 e. The average Bonchev–Trinajstić information content (AvgIpc) is 2.68. The predicted molar refractivity (Wildman–Crippen MR) is 124 cm³/mol. The van der Waals surface area contributed by atoms with Gasteiger partial charge in [-0.2, -0.15) is 4.91 Å². The molecule has 2 fully saturated rings. The second kappa shape index (κ2) is 10.0. The molecule has 3 aliphatic rings. The van der Waals surface area contributed by atoms with Crippen molar-refractivity contribution >= 4 is 17.3 Å². The van der Waals surface area contributed by atoms with Crippen LogP contribution in [-0.2, 0) is 0 Å². The summed E-state index contributed by atoms with van der Waals surface area (Å²) in [7, 11) is 0. The zero-order valence-electron chi connectivity index (χ0n) is 18.8. The van der Waals surface area contributed by atoms with Gasteiger partial charge in [0.05, 0.1) is 17.5 Å². The first-order valence-corrected chi connectivity index (χ1v) is 12.1. The third-order valence-electron chi connectivity index (χ3n) is 7.44. The monoisotopic (exact) mass is 421 g/mol. The van der Waals surface area contributed by atoms with Crippen molar-refractivity contribution in [2.75, 3.05) is 19.6 Å². The van der Waals surface area contributed by atoms with Gasteiger partial charge in [-0.15, -0.1) is 11.6 Å². The van der Waals surface area contributed by atoms with E-state index in [1.54, 1.807) is 0 Å². The molecule has 0 radical (unpaired) electrons. The SMILES string of the molecule is CC(C)[C@H](CN1CC[C@H](C2C=CC(Cl)CC2)C(C)(C)C1)N=C1CCCC(N=O)C1. The fourth-order valence-electron chi connectivity index (χ4n) is 5.70. The minimum absolute atomic E-state index is 0.0545. The van der Waals surface area contributed by atoms with Crippen LogP contribution in [0.5, 0.6) is 0 Å². The summed E-state index contributed by atoms with van der Waals surface area (Å²) in [5.74, 6) is 1.92. The van der Waals surface area contributed by atoms with Gasteiger partial charge in [0.25, 0.3) is 0 Å². The number of alkyl halides is 1. The predicted octanol–water partition coefficient (Wildman–Crippen LogP) is 6.08. The lowest BCUT2D eigenvalue weighted by Crippen LogP contribution is -2.50. The highest BCUT2D eigenvalue weighted by molar-refractivity contribution is 6.21. The number of hydrogen-bond donors (Lipinski definition) is 0. The van der Waals surface area contributed by atoms with Crippen molar-refractivity contribution in [1.82, 2.24) is 4.90 Å². The molecule has 0 amide bonds. The summed E-state index contributed by atoms with van der Waals surface area (Å²) >= 11 is 6.27. The summed E-state index contributed by atoms with van der Waals surface area (Å²) in [5.41, 5.74) is 1.52. The summed E-state index contributed by atoms with van der Waals surface area (Å²) in [6.45, 7) is 12.8. The Hall–Kier alpha value is -0.740. The molecular formula is C24H40ClN3O. The molecule has 0 aromatic heterocycles. The standard InChI is InChI=1S/C24H40ClN3O/c1-17(2)23(26-20-6-5-7-21(14-20)27-29)15-28-13-12-22(24(3,4)16-28)18-8-10-19(25)11-9-18/h8,10,17-19,21-23H,5-7,9,11-16H2,1-4H3/t18?,19?,21?,22-,23+/m1/s1. The van der Waals surface area contributed by atoms with Crippen LogP contribution >= 0.6 is 11.6 Å². The van der Waals surface area contributed by atoms with Crippen molar-refractivity contribution in [3.05, 3.63) is 17.1 Å². The van der Waals surface area contributed by atoms with Gasteiger partial charge in [-0.3, -0.25) is 4.99 Å². The summed E-state index contributed by atoms with van der Waals surface area (Å²) in [6.07, 6.45) is 12.0. The molecule has 5 atom stereocenters. The number of piperidine rings is 1. The maximum absolute atomic E-state index is 11.0. The van der Waals surface area contributed by atoms with E-state index in [4.69, 9.17) is 16.6 Å². The summed E-state index contributed by atoms with van der Waals surface area (Å²) in [5, 5.41) is 3.52. The second-order valence-corrected chi connectivity index (χ2v) is 11.2. The van der Waals surface area contributed by atoms with Gasteiger partial charge in [-0.05, 0) is 68.2 Å². The van der Waals surface area contributed by atoms with Gasteiger partial charge in [-0.1, -0.05) is 45.0 Å². The first-order chi connectivity index (χ1) is 13.8. The van der Waals surface area contributed by atoms with Crippen LogP contribution < -0.4 is 0 Å². The largest absolute Gasteiger partial charge is 0.301 e. The number of likely N-dealkylation sites (tertiary alicyclic amines) is 1. The van der Waals surface area contributed by atoms with Gasteiger partial charge in [0.15, 0.2) is 0 Å². The lowest BCUT2D eigenvalue weighted by atomic mass is 9.65. The van der Waals surface area contributed by atoms with E-state index in [9.17, 15) is 4.91 Å². The van der Waals surface area contributed by atoms with Gasteiger partial charge in [0, 0.05) is 25.2 Å². The number of aliphatic imine (C=N–C) groups is 1. The number of rotatable bonds is 6. The quantitative estimate of drug-likeness (QED) is 0.296. The Kier molecular flexibility index (Phi) is 7.94.